The van der Waals surface area contributed by atoms with E-state index >= 15 is 0 Å². The van der Waals surface area contributed by atoms with Crippen molar-refractivity contribution in [2.45, 2.75) is 119 Å². The molecule has 206 valence electrons. The SMILES string of the molecule is C.CC.COS(=O)CCNC(=O)CC[C@@H](C)C1CCC2C3CCC4CCCCC4(C)C3CCC21C. The van der Waals surface area contributed by atoms with Crippen LogP contribution < -0.4 is 5.32 Å². The zero-order valence-corrected chi connectivity index (χ0v) is 23.8. The van der Waals surface area contributed by atoms with Gasteiger partial charge in [-0.25, -0.2) is 4.21 Å². The highest BCUT2D eigenvalue weighted by Crippen LogP contribution is 2.68. The van der Waals surface area contributed by atoms with Gasteiger partial charge in [0.1, 0.15) is 0 Å². The molecule has 8 unspecified atom stereocenters. The number of rotatable bonds is 8. The second-order valence-electron chi connectivity index (χ2n) is 12.2. The van der Waals surface area contributed by atoms with Crippen molar-refractivity contribution in [3.05, 3.63) is 0 Å². The summed E-state index contributed by atoms with van der Waals surface area (Å²) in [7, 11) is 1.43. The maximum atomic E-state index is 12.3. The first-order valence-electron chi connectivity index (χ1n) is 14.5. The minimum atomic E-state index is -1.29. The van der Waals surface area contributed by atoms with Gasteiger partial charge in [0.05, 0.1) is 12.9 Å². The summed E-state index contributed by atoms with van der Waals surface area (Å²) < 4.78 is 16.1. The molecule has 1 N–H and O–H groups in total. The summed E-state index contributed by atoms with van der Waals surface area (Å²) in [5, 5.41) is 2.92. The third kappa shape index (κ3) is 6.36. The number of amides is 1. The first-order chi connectivity index (χ1) is 16.3. The monoisotopic (exact) mass is 511 g/mol. The topological polar surface area (TPSA) is 55.4 Å². The van der Waals surface area contributed by atoms with Gasteiger partial charge >= 0.3 is 0 Å². The minimum Gasteiger partial charge on any atom is -0.355 e. The molecule has 0 aromatic heterocycles. The van der Waals surface area contributed by atoms with Crippen molar-refractivity contribution in [2.75, 3.05) is 19.4 Å². The van der Waals surface area contributed by atoms with E-state index in [1.165, 1.54) is 71.3 Å². The molecule has 0 saturated heterocycles. The first-order valence-corrected chi connectivity index (χ1v) is 15.7. The summed E-state index contributed by atoms with van der Waals surface area (Å²) in [6, 6.07) is 0. The number of carbonyl (C=O) groups is 1. The van der Waals surface area contributed by atoms with Crippen LogP contribution in [-0.2, 0) is 20.1 Å². The van der Waals surface area contributed by atoms with Gasteiger partial charge in [0, 0.05) is 13.0 Å². The zero-order valence-electron chi connectivity index (χ0n) is 23.0. The molecule has 0 aliphatic heterocycles. The summed E-state index contributed by atoms with van der Waals surface area (Å²) >= 11 is -1.29. The van der Waals surface area contributed by atoms with Gasteiger partial charge in [-0.2, -0.15) is 0 Å². The van der Waals surface area contributed by atoms with Gasteiger partial charge in [0.2, 0.25) is 5.91 Å². The van der Waals surface area contributed by atoms with Crippen molar-refractivity contribution in [3.63, 3.8) is 0 Å². The molecule has 0 aromatic carbocycles. The van der Waals surface area contributed by atoms with Gasteiger partial charge in [0.15, 0.2) is 11.1 Å². The summed E-state index contributed by atoms with van der Waals surface area (Å²) in [6.07, 6.45) is 16.1. The average Bonchev–Trinajstić information content (AvgIpc) is 3.20. The fourth-order valence-corrected chi connectivity index (χ4v) is 9.71. The van der Waals surface area contributed by atoms with E-state index in [0.717, 1.165) is 36.0 Å². The quantitative estimate of drug-likeness (QED) is 0.366. The van der Waals surface area contributed by atoms with Crippen LogP contribution in [-0.4, -0.2) is 29.5 Å². The normalized spacial score (nSPS) is 39.4. The second-order valence-corrected chi connectivity index (χ2v) is 13.5. The molecular formula is C30H57NO3S. The van der Waals surface area contributed by atoms with Gasteiger partial charge in [0.25, 0.3) is 0 Å². The molecular weight excluding hydrogens is 454 g/mol. The fourth-order valence-electron chi connectivity index (χ4n) is 9.28. The summed E-state index contributed by atoms with van der Waals surface area (Å²) in [6.45, 7) is 12.1. The van der Waals surface area contributed by atoms with Gasteiger partial charge in [-0.15, -0.1) is 0 Å². The van der Waals surface area contributed by atoms with Crippen molar-refractivity contribution < 1.29 is 13.2 Å². The van der Waals surface area contributed by atoms with E-state index < -0.39 is 11.1 Å². The number of nitrogens with one attached hydrogen (secondary N) is 1. The molecule has 9 atom stereocenters. The van der Waals surface area contributed by atoms with E-state index in [9.17, 15) is 9.00 Å². The highest BCUT2D eigenvalue weighted by molar-refractivity contribution is 7.80. The number of hydrogen-bond acceptors (Lipinski definition) is 3. The molecule has 4 aliphatic rings. The van der Waals surface area contributed by atoms with Crippen LogP contribution in [0.2, 0.25) is 0 Å². The van der Waals surface area contributed by atoms with Crippen LogP contribution in [0, 0.1) is 46.3 Å². The first kappa shape index (κ1) is 30.8. The van der Waals surface area contributed by atoms with Crippen molar-refractivity contribution in [2.24, 2.45) is 46.3 Å². The van der Waals surface area contributed by atoms with E-state index in [-0.39, 0.29) is 13.3 Å². The summed E-state index contributed by atoms with van der Waals surface area (Å²) in [5.74, 6) is 5.65. The van der Waals surface area contributed by atoms with Crippen molar-refractivity contribution in [1.82, 2.24) is 5.32 Å². The van der Waals surface area contributed by atoms with Crippen molar-refractivity contribution in [1.29, 1.82) is 0 Å². The third-order valence-corrected chi connectivity index (χ3v) is 11.9. The Hall–Kier alpha value is -0.420. The van der Waals surface area contributed by atoms with E-state index in [1.54, 1.807) is 0 Å². The molecule has 0 spiro atoms. The van der Waals surface area contributed by atoms with Crippen molar-refractivity contribution >= 4 is 17.0 Å². The Balaban J connectivity index is 0.00000140. The molecule has 4 nitrogen and oxygen atoms in total. The Morgan fingerprint density at radius 2 is 1.71 bits per heavy atom. The van der Waals surface area contributed by atoms with E-state index in [4.69, 9.17) is 4.18 Å². The third-order valence-electron chi connectivity index (χ3n) is 10.9. The fraction of sp³-hybridized carbons (Fsp3) is 0.967. The Labute approximate surface area is 220 Å². The van der Waals surface area contributed by atoms with Crippen LogP contribution in [0.4, 0.5) is 0 Å². The highest BCUT2D eigenvalue weighted by Gasteiger charge is 2.60. The van der Waals surface area contributed by atoms with Gasteiger partial charge in [-0.1, -0.05) is 54.9 Å². The number of hydrogen-bond donors (Lipinski definition) is 1. The lowest BCUT2D eigenvalue weighted by atomic mass is 9.44. The molecule has 4 rings (SSSR count). The Bertz CT molecular complexity index is 699. The van der Waals surface area contributed by atoms with E-state index in [2.05, 4.69) is 26.1 Å². The molecule has 5 heteroatoms. The lowest BCUT2D eigenvalue weighted by Crippen LogP contribution is -2.53. The molecule has 4 saturated carbocycles. The largest absolute Gasteiger partial charge is 0.355 e. The standard InChI is InChI=1S/C27H47NO3S.C2H6.CH4/c1-19(8-13-25(29)28-17-18-32(30)31-4)22-11-12-23-21-10-9-20-7-5-6-15-26(20,2)24(21)14-16-27(22,23)3;1-2;/h19-24H,5-18H2,1-4H3,(H,28,29);1-2H3;1H4/t19-,20?,21?,22?,23?,24?,26?,27?,32?;;/m1../s1. The summed E-state index contributed by atoms with van der Waals surface area (Å²) in [4.78, 5) is 12.3. The van der Waals surface area contributed by atoms with Gasteiger partial charge in [-0.05, 0) is 104 Å². The smallest absolute Gasteiger partial charge is 0.220 e. The van der Waals surface area contributed by atoms with Crippen LogP contribution in [0.5, 0.6) is 0 Å². The van der Waals surface area contributed by atoms with E-state index in [1.807, 2.05) is 13.8 Å². The zero-order chi connectivity index (χ0) is 24.9. The minimum absolute atomic E-state index is 0. The van der Waals surface area contributed by atoms with Crippen LogP contribution in [0.3, 0.4) is 0 Å². The number of fused-ring (bicyclic) bond motifs is 5. The van der Waals surface area contributed by atoms with Crippen molar-refractivity contribution in [3.8, 4) is 0 Å². The molecule has 4 fully saturated rings. The molecule has 0 aromatic rings. The van der Waals surface area contributed by atoms with Gasteiger partial charge < -0.3 is 5.32 Å². The van der Waals surface area contributed by atoms with E-state index in [0.29, 0.717) is 35.5 Å². The summed E-state index contributed by atoms with van der Waals surface area (Å²) in [5.41, 5.74) is 1.10. The maximum Gasteiger partial charge on any atom is 0.220 e. The Morgan fingerprint density at radius 1 is 1.00 bits per heavy atom. The molecule has 0 bridgehead atoms. The maximum absolute atomic E-state index is 12.3. The average molecular weight is 512 g/mol. The molecule has 0 radical (unpaired) electrons. The highest BCUT2D eigenvalue weighted by atomic mass is 32.2. The Kier molecular flexibility index (Phi) is 11.8. The van der Waals surface area contributed by atoms with Gasteiger partial charge in [-0.3, -0.25) is 8.98 Å². The predicted molar refractivity (Wildman–Crippen MR) is 149 cm³/mol. The molecule has 4 aliphatic carbocycles. The lowest BCUT2D eigenvalue weighted by Gasteiger charge is -2.61. The Morgan fingerprint density at radius 3 is 2.43 bits per heavy atom. The van der Waals surface area contributed by atoms with Crippen LogP contribution >= 0.6 is 0 Å². The number of carbonyl (C=O) groups excluding carboxylic acids is 1. The molecule has 1 amide bonds. The molecule has 0 heterocycles. The second kappa shape index (κ2) is 13.4. The molecule has 35 heavy (non-hydrogen) atoms. The predicted octanol–water partition coefficient (Wildman–Crippen LogP) is 7.54. The van der Waals surface area contributed by atoms with Crippen LogP contribution in [0.15, 0.2) is 0 Å². The lowest BCUT2D eigenvalue weighted by molar-refractivity contribution is -0.122. The van der Waals surface area contributed by atoms with Crippen LogP contribution in [0.25, 0.3) is 0 Å². The van der Waals surface area contributed by atoms with Crippen LogP contribution in [0.1, 0.15) is 119 Å².